The number of pyridine rings is 1. The molecule has 1 N–H and O–H groups in total. The zero-order valence-corrected chi connectivity index (χ0v) is 11.0. The third-order valence-corrected chi connectivity index (χ3v) is 3.61. The van der Waals surface area contributed by atoms with Crippen molar-refractivity contribution in [3.8, 4) is 11.1 Å². The second kappa shape index (κ2) is 4.51. The molecule has 0 radical (unpaired) electrons. The third kappa shape index (κ3) is 2.57. The van der Waals surface area contributed by atoms with Crippen LogP contribution in [0.4, 0.5) is 0 Å². The lowest BCUT2D eigenvalue weighted by atomic mass is 10.0. The predicted octanol–water partition coefficient (Wildman–Crippen LogP) is 1.73. The predicted molar refractivity (Wildman–Crippen MR) is 67.6 cm³/mol. The van der Waals surface area contributed by atoms with Crippen LogP contribution in [0.1, 0.15) is 5.56 Å². The lowest BCUT2D eigenvalue weighted by molar-refractivity contribution is -0.671. The fourth-order valence-corrected chi connectivity index (χ4v) is 2.33. The molecular weight excluding hydrogens is 250 g/mol. The van der Waals surface area contributed by atoms with Gasteiger partial charge in [-0.05, 0) is 36.2 Å². The zero-order chi connectivity index (χ0) is 13.3. The van der Waals surface area contributed by atoms with E-state index in [1.807, 2.05) is 43.1 Å². The Labute approximate surface area is 106 Å². The van der Waals surface area contributed by atoms with Gasteiger partial charge in [0.05, 0.1) is 4.90 Å². The van der Waals surface area contributed by atoms with Crippen molar-refractivity contribution in [3.05, 3.63) is 48.3 Å². The van der Waals surface area contributed by atoms with Crippen LogP contribution in [0, 0.1) is 6.92 Å². The molecule has 0 saturated heterocycles. The van der Waals surface area contributed by atoms with Gasteiger partial charge in [0, 0.05) is 11.6 Å². The van der Waals surface area contributed by atoms with Crippen LogP contribution < -0.4 is 4.57 Å². The summed E-state index contributed by atoms with van der Waals surface area (Å²) in [5.74, 6) is 0. The van der Waals surface area contributed by atoms with Crippen molar-refractivity contribution in [1.29, 1.82) is 0 Å². The summed E-state index contributed by atoms with van der Waals surface area (Å²) < 4.78 is 33.2. The summed E-state index contributed by atoms with van der Waals surface area (Å²) in [7, 11) is -2.27. The van der Waals surface area contributed by atoms with Crippen molar-refractivity contribution in [1.82, 2.24) is 0 Å². The van der Waals surface area contributed by atoms with Gasteiger partial charge in [0.15, 0.2) is 12.4 Å². The highest BCUT2D eigenvalue weighted by atomic mass is 32.2. The first kappa shape index (κ1) is 12.7. The van der Waals surface area contributed by atoms with Gasteiger partial charge in [-0.1, -0.05) is 6.07 Å². The molecule has 0 saturated carbocycles. The normalized spacial score (nSPS) is 11.5. The van der Waals surface area contributed by atoms with Gasteiger partial charge in [0.25, 0.3) is 10.1 Å². The lowest BCUT2D eigenvalue weighted by Crippen LogP contribution is -2.26. The molecule has 0 unspecified atom stereocenters. The van der Waals surface area contributed by atoms with Gasteiger partial charge in [-0.3, -0.25) is 4.55 Å². The topological polar surface area (TPSA) is 58.3 Å². The summed E-state index contributed by atoms with van der Waals surface area (Å²) in [4.78, 5) is -0.0883. The molecule has 2 aromatic rings. The lowest BCUT2D eigenvalue weighted by Gasteiger charge is -2.06. The Morgan fingerprint density at radius 2 is 1.94 bits per heavy atom. The van der Waals surface area contributed by atoms with E-state index in [0.717, 1.165) is 16.7 Å². The molecule has 1 aromatic heterocycles. The maximum Gasteiger partial charge on any atom is 0.294 e. The molecule has 0 bridgehead atoms. The maximum absolute atomic E-state index is 11.1. The molecule has 0 fully saturated rings. The van der Waals surface area contributed by atoms with Gasteiger partial charge in [0.2, 0.25) is 0 Å². The van der Waals surface area contributed by atoms with Crippen LogP contribution in [0.5, 0.6) is 0 Å². The Balaban J connectivity index is 2.64. The monoisotopic (exact) mass is 264 g/mol. The Kier molecular flexibility index (Phi) is 3.19. The van der Waals surface area contributed by atoms with E-state index in [2.05, 4.69) is 0 Å². The first-order valence-corrected chi connectivity index (χ1v) is 6.86. The molecular formula is C13H14NO3S+. The average Bonchev–Trinajstić information content (AvgIpc) is 2.28. The molecule has 1 heterocycles. The SMILES string of the molecule is Cc1ccc(S(=O)(=O)O)cc1-c1ccc[n+](C)c1. The fourth-order valence-electron chi connectivity index (χ4n) is 1.82. The average molecular weight is 264 g/mol. The number of aryl methyl sites for hydroxylation is 2. The van der Waals surface area contributed by atoms with Gasteiger partial charge >= 0.3 is 0 Å². The second-order valence-electron chi connectivity index (χ2n) is 4.21. The quantitative estimate of drug-likeness (QED) is 0.664. The highest BCUT2D eigenvalue weighted by molar-refractivity contribution is 7.85. The van der Waals surface area contributed by atoms with E-state index in [1.165, 1.54) is 12.1 Å². The Morgan fingerprint density at radius 3 is 2.56 bits per heavy atom. The van der Waals surface area contributed by atoms with Crippen molar-refractivity contribution in [2.24, 2.45) is 7.05 Å². The minimum Gasteiger partial charge on any atom is -0.282 e. The van der Waals surface area contributed by atoms with E-state index < -0.39 is 10.1 Å². The van der Waals surface area contributed by atoms with Crippen LogP contribution in [-0.4, -0.2) is 13.0 Å². The maximum atomic E-state index is 11.1. The van der Waals surface area contributed by atoms with Gasteiger partial charge in [-0.15, -0.1) is 0 Å². The molecule has 0 aliphatic carbocycles. The zero-order valence-electron chi connectivity index (χ0n) is 10.2. The summed E-state index contributed by atoms with van der Waals surface area (Å²) in [5.41, 5.74) is 2.65. The van der Waals surface area contributed by atoms with Gasteiger partial charge in [0.1, 0.15) is 7.05 Å². The summed E-state index contributed by atoms with van der Waals surface area (Å²) in [6, 6.07) is 8.35. The highest BCUT2D eigenvalue weighted by Gasteiger charge is 2.13. The summed E-state index contributed by atoms with van der Waals surface area (Å²) >= 11 is 0. The molecule has 5 heteroatoms. The first-order chi connectivity index (χ1) is 8.38. The molecule has 4 nitrogen and oxygen atoms in total. The van der Waals surface area contributed by atoms with E-state index in [4.69, 9.17) is 4.55 Å². The molecule has 0 aliphatic heterocycles. The Bertz CT molecular complexity index is 693. The molecule has 0 amide bonds. The van der Waals surface area contributed by atoms with Crippen LogP contribution in [0.15, 0.2) is 47.6 Å². The molecule has 2 rings (SSSR count). The minimum absolute atomic E-state index is 0.0883. The summed E-state index contributed by atoms with van der Waals surface area (Å²) in [6.45, 7) is 1.90. The Morgan fingerprint density at radius 1 is 1.22 bits per heavy atom. The number of rotatable bonds is 2. The molecule has 1 aromatic carbocycles. The van der Waals surface area contributed by atoms with Gasteiger partial charge in [-0.2, -0.15) is 8.42 Å². The number of hydrogen-bond acceptors (Lipinski definition) is 2. The minimum atomic E-state index is -4.17. The molecule has 0 atom stereocenters. The number of hydrogen-bond donors (Lipinski definition) is 1. The fraction of sp³-hybridized carbons (Fsp3) is 0.154. The van der Waals surface area contributed by atoms with Crippen molar-refractivity contribution < 1.29 is 17.5 Å². The molecule has 0 spiro atoms. The van der Waals surface area contributed by atoms with Crippen LogP contribution in [0.25, 0.3) is 11.1 Å². The van der Waals surface area contributed by atoms with Crippen molar-refractivity contribution >= 4 is 10.1 Å². The number of nitrogens with zero attached hydrogens (tertiary/aromatic N) is 1. The summed E-state index contributed by atoms with van der Waals surface area (Å²) in [6.07, 6.45) is 3.79. The van der Waals surface area contributed by atoms with E-state index in [1.54, 1.807) is 6.07 Å². The smallest absolute Gasteiger partial charge is 0.282 e. The van der Waals surface area contributed by atoms with Gasteiger partial charge < -0.3 is 0 Å². The molecule has 18 heavy (non-hydrogen) atoms. The number of aromatic nitrogens is 1. The van der Waals surface area contributed by atoms with Crippen LogP contribution >= 0.6 is 0 Å². The van der Waals surface area contributed by atoms with Crippen molar-refractivity contribution in [2.45, 2.75) is 11.8 Å². The standard InChI is InChI=1S/C13H13NO3S/c1-10-5-6-12(18(15,16)17)8-13(10)11-4-3-7-14(2)9-11/h3-9H,1-2H3/p+1. The number of benzene rings is 1. The molecule has 0 aliphatic rings. The van der Waals surface area contributed by atoms with Crippen LogP contribution in [-0.2, 0) is 17.2 Å². The van der Waals surface area contributed by atoms with Crippen LogP contribution in [0.3, 0.4) is 0 Å². The Hall–Kier alpha value is -1.72. The van der Waals surface area contributed by atoms with E-state index >= 15 is 0 Å². The van der Waals surface area contributed by atoms with Crippen molar-refractivity contribution in [2.75, 3.05) is 0 Å². The van der Waals surface area contributed by atoms with E-state index in [-0.39, 0.29) is 4.90 Å². The summed E-state index contributed by atoms with van der Waals surface area (Å²) in [5, 5.41) is 0. The van der Waals surface area contributed by atoms with Gasteiger partial charge in [-0.25, -0.2) is 4.57 Å². The van der Waals surface area contributed by atoms with E-state index in [9.17, 15) is 8.42 Å². The molecule has 94 valence electrons. The second-order valence-corrected chi connectivity index (χ2v) is 5.63. The van der Waals surface area contributed by atoms with Crippen LogP contribution in [0.2, 0.25) is 0 Å². The van der Waals surface area contributed by atoms with E-state index in [0.29, 0.717) is 0 Å². The first-order valence-electron chi connectivity index (χ1n) is 5.42. The highest BCUT2D eigenvalue weighted by Crippen LogP contribution is 2.25. The third-order valence-electron chi connectivity index (χ3n) is 2.76. The largest absolute Gasteiger partial charge is 0.294 e. The van der Waals surface area contributed by atoms with Crippen molar-refractivity contribution in [3.63, 3.8) is 0 Å².